The fraction of sp³-hybridized carbons (Fsp3) is 0.217. The lowest BCUT2D eigenvalue weighted by molar-refractivity contribution is 0.321. The number of ether oxygens (including phenoxy) is 1. The van der Waals surface area contributed by atoms with Crippen molar-refractivity contribution in [3.05, 3.63) is 95.1 Å². The highest BCUT2D eigenvalue weighted by Crippen LogP contribution is 2.19. The Morgan fingerprint density at radius 1 is 0.800 bits per heavy atom. The number of aryl methyl sites for hydroxylation is 2. The SMILES string of the molecule is Cc1ccc(C)c(NCc2cccc(OCCc3ccccc3)c2)c1. The van der Waals surface area contributed by atoms with Crippen LogP contribution in [-0.4, -0.2) is 6.61 Å². The molecule has 0 saturated carbocycles. The predicted octanol–water partition coefficient (Wildman–Crippen LogP) is 5.54. The minimum Gasteiger partial charge on any atom is -0.493 e. The third-order valence-corrected chi connectivity index (χ3v) is 4.28. The average Bonchev–Trinajstić information content (AvgIpc) is 2.64. The molecule has 2 heteroatoms. The van der Waals surface area contributed by atoms with Crippen LogP contribution in [0, 0.1) is 13.8 Å². The Morgan fingerprint density at radius 3 is 2.44 bits per heavy atom. The molecule has 0 aromatic heterocycles. The Kier molecular flexibility index (Phi) is 5.73. The Bertz CT molecular complexity index is 811. The van der Waals surface area contributed by atoms with Crippen molar-refractivity contribution in [3.8, 4) is 5.75 Å². The summed E-state index contributed by atoms with van der Waals surface area (Å²) in [5.74, 6) is 0.927. The molecule has 128 valence electrons. The molecular formula is C23H25NO. The third kappa shape index (κ3) is 5.12. The van der Waals surface area contributed by atoms with E-state index in [0.717, 1.165) is 18.7 Å². The van der Waals surface area contributed by atoms with Gasteiger partial charge < -0.3 is 10.1 Å². The van der Waals surface area contributed by atoms with Crippen LogP contribution in [0.5, 0.6) is 5.75 Å². The summed E-state index contributed by atoms with van der Waals surface area (Å²) in [7, 11) is 0. The maximum absolute atomic E-state index is 5.92. The van der Waals surface area contributed by atoms with Crippen LogP contribution in [0.15, 0.2) is 72.8 Å². The molecule has 25 heavy (non-hydrogen) atoms. The minimum atomic E-state index is 0.692. The number of rotatable bonds is 7. The first-order valence-electron chi connectivity index (χ1n) is 8.77. The summed E-state index contributed by atoms with van der Waals surface area (Å²) in [5, 5.41) is 3.52. The van der Waals surface area contributed by atoms with Gasteiger partial charge in [-0.15, -0.1) is 0 Å². The van der Waals surface area contributed by atoms with Crippen molar-refractivity contribution >= 4 is 5.69 Å². The molecular weight excluding hydrogens is 306 g/mol. The third-order valence-electron chi connectivity index (χ3n) is 4.28. The first-order chi connectivity index (χ1) is 12.2. The van der Waals surface area contributed by atoms with Crippen molar-refractivity contribution in [2.75, 3.05) is 11.9 Å². The van der Waals surface area contributed by atoms with Crippen molar-refractivity contribution in [1.29, 1.82) is 0 Å². The quantitative estimate of drug-likeness (QED) is 0.614. The van der Waals surface area contributed by atoms with Gasteiger partial charge in [0, 0.05) is 18.7 Å². The lowest BCUT2D eigenvalue weighted by atomic mass is 10.1. The van der Waals surface area contributed by atoms with Crippen molar-refractivity contribution in [1.82, 2.24) is 0 Å². The van der Waals surface area contributed by atoms with E-state index < -0.39 is 0 Å². The molecule has 0 spiro atoms. The van der Waals surface area contributed by atoms with Gasteiger partial charge in [-0.25, -0.2) is 0 Å². The normalized spacial score (nSPS) is 10.5. The van der Waals surface area contributed by atoms with Gasteiger partial charge in [0.1, 0.15) is 5.75 Å². The second-order valence-electron chi connectivity index (χ2n) is 6.40. The molecule has 0 atom stereocenters. The summed E-state index contributed by atoms with van der Waals surface area (Å²) in [5.41, 5.74) is 6.25. The molecule has 0 aliphatic heterocycles. The molecule has 0 bridgehead atoms. The first-order valence-corrected chi connectivity index (χ1v) is 8.77. The summed E-state index contributed by atoms with van der Waals surface area (Å²) in [6, 6.07) is 25.2. The van der Waals surface area contributed by atoms with Gasteiger partial charge in [-0.05, 0) is 54.3 Å². The number of nitrogens with one attached hydrogen (secondary N) is 1. The summed E-state index contributed by atoms with van der Waals surface area (Å²) >= 11 is 0. The topological polar surface area (TPSA) is 21.3 Å². The molecule has 3 aromatic carbocycles. The van der Waals surface area contributed by atoms with Crippen LogP contribution < -0.4 is 10.1 Å². The molecule has 0 amide bonds. The molecule has 3 aromatic rings. The van der Waals surface area contributed by atoms with Gasteiger partial charge in [0.25, 0.3) is 0 Å². The molecule has 0 fully saturated rings. The molecule has 0 saturated heterocycles. The van der Waals surface area contributed by atoms with Crippen LogP contribution in [0.1, 0.15) is 22.3 Å². The number of hydrogen-bond acceptors (Lipinski definition) is 2. The number of hydrogen-bond donors (Lipinski definition) is 1. The van der Waals surface area contributed by atoms with E-state index in [4.69, 9.17) is 4.74 Å². The van der Waals surface area contributed by atoms with Gasteiger partial charge in [-0.3, -0.25) is 0 Å². The highest BCUT2D eigenvalue weighted by molar-refractivity contribution is 5.52. The van der Waals surface area contributed by atoms with Crippen LogP contribution in [0.3, 0.4) is 0 Å². The second-order valence-corrected chi connectivity index (χ2v) is 6.40. The highest BCUT2D eigenvalue weighted by atomic mass is 16.5. The lowest BCUT2D eigenvalue weighted by Crippen LogP contribution is -2.03. The van der Waals surface area contributed by atoms with E-state index >= 15 is 0 Å². The van der Waals surface area contributed by atoms with Crippen LogP contribution in [0.25, 0.3) is 0 Å². The predicted molar refractivity (Wildman–Crippen MR) is 105 cm³/mol. The van der Waals surface area contributed by atoms with E-state index in [9.17, 15) is 0 Å². The monoisotopic (exact) mass is 331 g/mol. The fourth-order valence-electron chi connectivity index (χ4n) is 2.80. The molecule has 0 aliphatic carbocycles. The van der Waals surface area contributed by atoms with Crippen molar-refractivity contribution in [2.24, 2.45) is 0 Å². The first kappa shape index (κ1) is 17.1. The van der Waals surface area contributed by atoms with Gasteiger partial charge in [0.05, 0.1) is 6.61 Å². The van der Waals surface area contributed by atoms with Crippen LogP contribution in [0.4, 0.5) is 5.69 Å². The van der Waals surface area contributed by atoms with Gasteiger partial charge in [0.15, 0.2) is 0 Å². The molecule has 0 heterocycles. The van der Waals surface area contributed by atoms with Crippen molar-refractivity contribution in [3.63, 3.8) is 0 Å². The van der Waals surface area contributed by atoms with Gasteiger partial charge >= 0.3 is 0 Å². The van der Waals surface area contributed by atoms with Crippen molar-refractivity contribution in [2.45, 2.75) is 26.8 Å². The minimum absolute atomic E-state index is 0.692. The van der Waals surface area contributed by atoms with Crippen LogP contribution >= 0.6 is 0 Å². The van der Waals surface area contributed by atoms with Crippen LogP contribution in [0.2, 0.25) is 0 Å². The molecule has 0 radical (unpaired) electrons. The van der Waals surface area contributed by atoms with Gasteiger partial charge in [0.2, 0.25) is 0 Å². The van der Waals surface area contributed by atoms with Gasteiger partial charge in [-0.2, -0.15) is 0 Å². The zero-order valence-corrected chi connectivity index (χ0v) is 15.0. The Morgan fingerprint density at radius 2 is 1.60 bits per heavy atom. The second kappa shape index (κ2) is 8.39. The summed E-state index contributed by atoms with van der Waals surface area (Å²) in [4.78, 5) is 0. The Hall–Kier alpha value is -2.74. The summed E-state index contributed by atoms with van der Waals surface area (Å²) < 4.78 is 5.92. The summed E-state index contributed by atoms with van der Waals surface area (Å²) in [6.07, 6.45) is 0.922. The lowest BCUT2D eigenvalue weighted by Gasteiger charge is -2.12. The van der Waals surface area contributed by atoms with E-state index in [1.807, 2.05) is 12.1 Å². The maximum atomic E-state index is 5.92. The molecule has 0 unspecified atom stereocenters. The fourth-order valence-corrected chi connectivity index (χ4v) is 2.80. The number of anilines is 1. The number of benzene rings is 3. The Labute approximate surface area is 150 Å². The van der Waals surface area contributed by atoms with E-state index in [1.54, 1.807) is 0 Å². The van der Waals surface area contributed by atoms with Gasteiger partial charge in [-0.1, -0.05) is 54.6 Å². The van der Waals surface area contributed by atoms with E-state index in [2.05, 4.69) is 79.8 Å². The van der Waals surface area contributed by atoms with E-state index in [0.29, 0.717) is 6.61 Å². The maximum Gasteiger partial charge on any atom is 0.119 e. The van der Waals surface area contributed by atoms with Crippen molar-refractivity contribution < 1.29 is 4.74 Å². The average molecular weight is 331 g/mol. The van der Waals surface area contributed by atoms with Crippen LogP contribution in [-0.2, 0) is 13.0 Å². The smallest absolute Gasteiger partial charge is 0.119 e. The highest BCUT2D eigenvalue weighted by Gasteiger charge is 2.01. The molecule has 1 N–H and O–H groups in total. The molecule has 2 nitrogen and oxygen atoms in total. The van der Waals surface area contributed by atoms with E-state index in [1.165, 1.54) is 27.9 Å². The van der Waals surface area contributed by atoms with E-state index in [-0.39, 0.29) is 0 Å². The zero-order valence-electron chi connectivity index (χ0n) is 15.0. The Balaban J connectivity index is 1.55. The standard InChI is InChI=1S/C23H25NO/c1-18-11-12-19(2)23(15-18)24-17-21-9-6-10-22(16-21)25-14-13-20-7-4-3-5-8-20/h3-12,15-16,24H,13-14,17H2,1-2H3. The molecule has 3 rings (SSSR count). The molecule has 0 aliphatic rings. The largest absolute Gasteiger partial charge is 0.493 e. The zero-order chi connectivity index (χ0) is 17.5. The summed E-state index contributed by atoms with van der Waals surface area (Å²) in [6.45, 7) is 5.73.